The van der Waals surface area contributed by atoms with Crippen LogP contribution in [0.2, 0.25) is 0 Å². The Hall–Kier alpha value is -1.58. The number of halogens is 2. The largest absolute Gasteiger partial charge is 0.390 e. The minimum absolute atomic E-state index is 0.0185. The Morgan fingerprint density at radius 3 is 2.67 bits per heavy atom. The molecule has 0 aromatic carbocycles. The fourth-order valence-corrected chi connectivity index (χ4v) is 1.22. The van der Waals surface area contributed by atoms with Gasteiger partial charge in [-0.05, 0) is 6.07 Å². The second-order valence-corrected chi connectivity index (χ2v) is 2.79. The van der Waals surface area contributed by atoms with E-state index in [0.717, 1.165) is 6.07 Å². The van der Waals surface area contributed by atoms with Crippen molar-refractivity contribution in [3.05, 3.63) is 28.6 Å². The van der Waals surface area contributed by atoms with E-state index in [4.69, 9.17) is 16.1 Å². The van der Waals surface area contributed by atoms with E-state index in [-0.39, 0.29) is 17.8 Å². The predicted octanol–water partition coefficient (Wildman–Crippen LogP) is 0.842. The highest BCUT2D eigenvalue weighted by Gasteiger charge is 2.16. The Morgan fingerprint density at radius 2 is 2.27 bits per heavy atom. The van der Waals surface area contributed by atoms with Crippen molar-refractivity contribution >= 4 is 0 Å². The average molecular weight is 213 g/mol. The van der Waals surface area contributed by atoms with Crippen LogP contribution in [0.3, 0.4) is 0 Å². The molecule has 1 aromatic heterocycles. The number of aliphatic hydroxyl groups excluding tert-OH is 1. The first-order valence-electron chi connectivity index (χ1n) is 4.15. The summed E-state index contributed by atoms with van der Waals surface area (Å²) in [6, 6.07) is 2.74. The Labute approximate surface area is 85.0 Å². The van der Waals surface area contributed by atoms with Gasteiger partial charge in [-0.25, -0.2) is 13.8 Å². The van der Waals surface area contributed by atoms with Crippen molar-refractivity contribution in [3.63, 3.8) is 0 Å². The number of pyridine rings is 1. The normalized spacial score (nSPS) is 10.4. The summed E-state index contributed by atoms with van der Waals surface area (Å²) in [6.45, 7) is -0.531. The van der Waals surface area contributed by atoms with Gasteiger partial charge in [0.25, 0.3) is 6.43 Å². The lowest BCUT2D eigenvalue weighted by atomic mass is 10.1. The Morgan fingerprint density at radius 1 is 1.60 bits per heavy atom. The highest BCUT2D eigenvalue weighted by atomic mass is 19.3. The molecule has 1 aromatic rings. The summed E-state index contributed by atoms with van der Waals surface area (Å²) in [5, 5.41) is 17.6. The van der Waals surface area contributed by atoms with E-state index in [2.05, 4.69) is 4.98 Å². The predicted molar refractivity (Wildman–Crippen MR) is 47.7 cm³/mol. The standard InChI is InChI=1S/C9H9F2N3O/c10-9(11)7-1-5(2-12)6(3-13)8(4-15)14-7/h1,9,15H,3-4,13H2. The van der Waals surface area contributed by atoms with Gasteiger partial charge in [0, 0.05) is 12.1 Å². The molecular formula is C9H9F2N3O. The number of nitriles is 1. The van der Waals surface area contributed by atoms with Crippen LogP contribution in [0.15, 0.2) is 6.07 Å². The third-order valence-corrected chi connectivity index (χ3v) is 1.93. The summed E-state index contributed by atoms with van der Waals surface area (Å²) in [5.74, 6) is 0. The molecule has 15 heavy (non-hydrogen) atoms. The number of nitrogens with zero attached hydrogens (tertiary/aromatic N) is 2. The molecule has 0 saturated carbocycles. The topological polar surface area (TPSA) is 82.9 Å². The highest BCUT2D eigenvalue weighted by Crippen LogP contribution is 2.21. The molecule has 0 aliphatic rings. The van der Waals surface area contributed by atoms with E-state index in [1.54, 1.807) is 6.07 Å². The molecule has 0 radical (unpaired) electrons. The molecule has 0 fully saturated rings. The summed E-state index contributed by atoms with van der Waals surface area (Å²) >= 11 is 0. The van der Waals surface area contributed by atoms with Crippen molar-refractivity contribution in [3.8, 4) is 6.07 Å². The molecule has 0 amide bonds. The molecule has 0 unspecified atom stereocenters. The fraction of sp³-hybridized carbons (Fsp3) is 0.333. The van der Waals surface area contributed by atoms with Crippen LogP contribution in [-0.2, 0) is 13.2 Å². The molecule has 0 atom stereocenters. The lowest BCUT2D eigenvalue weighted by molar-refractivity contribution is 0.145. The zero-order valence-electron chi connectivity index (χ0n) is 7.74. The average Bonchev–Trinajstić information content (AvgIpc) is 2.26. The van der Waals surface area contributed by atoms with Crippen molar-refractivity contribution in [1.82, 2.24) is 4.98 Å². The van der Waals surface area contributed by atoms with Crippen LogP contribution in [0.1, 0.15) is 28.9 Å². The van der Waals surface area contributed by atoms with Gasteiger partial charge in [0.2, 0.25) is 0 Å². The van der Waals surface area contributed by atoms with Gasteiger partial charge < -0.3 is 10.8 Å². The number of hydrogen-bond acceptors (Lipinski definition) is 4. The smallest absolute Gasteiger partial charge is 0.280 e. The fourth-order valence-electron chi connectivity index (χ4n) is 1.22. The molecule has 0 saturated heterocycles. The van der Waals surface area contributed by atoms with E-state index in [1.165, 1.54) is 0 Å². The van der Waals surface area contributed by atoms with Gasteiger partial charge in [0.15, 0.2) is 0 Å². The summed E-state index contributed by atoms with van der Waals surface area (Å²) in [6.07, 6.45) is -2.77. The molecule has 1 heterocycles. The molecule has 4 nitrogen and oxygen atoms in total. The Balaban J connectivity index is 3.37. The van der Waals surface area contributed by atoms with Gasteiger partial charge in [0.05, 0.1) is 23.9 Å². The first-order chi connectivity index (χ1) is 7.13. The molecule has 6 heteroatoms. The maximum absolute atomic E-state index is 12.4. The first kappa shape index (κ1) is 11.5. The van der Waals surface area contributed by atoms with E-state index in [1.807, 2.05) is 0 Å². The van der Waals surface area contributed by atoms with Gasteiger partial charge in [0.1, 0.15) is 5.69 Å². The van der Waals surface area contributed by atoms with Crippen LogP contribution < -0.4 is 5.73 Å². The number of alkyl halides is 2. The molecular weight excluding hydrogens is 204 g/mol. The van der Waals surface area contributed by atoms with Crippen molar-refractivity contribution in [2.24, 2.45) is 5.73 Å². The summed E-state index contributed by atoms with van der Waals surface area (Å²) in [7, 11) is 0. The minimum Gasteiger partial charge on any atom is -0.390 e. The van der Waals surface area contributed by atoms with Crippen LogP contribution in [0, 0.1) is 11.3 Å². The number of aromatic nitrogens is 1. The third kappa shape index (κ3) is 2.26. The Bertz CT molecular complexity index is 401. The molecule has 0 aliphatic heterocycles. The minimum atomic E-state index is -2.77. The number of hydrogen-bond donors (Lipinski definition) is 2. The maximum Gasteiger partial charge on any atom is 0.280 e. The lowest BCUT2D eigenvalue weighted by Crippen LogP contribution is -2.09. The van der Waals surface area contributed by atoms with E-state index in [9.17, 15) is 8.78 Å². The summed E-state index contributed by atoms with van der Waals surface area (Å²) < 4.78 is 24.7. The molecule has 3 N–H and O–H groups in total. The zero-order chi connectivity index (χ0) is 11.4. The van der Waals surface area contributed by atoms with Crippen LogP contribution in [0.5, 0.6) is 0 Å². The second-order valence-electron chi connectivity index (χ2n) is 2.79. The van der Waals surface area contributed by atoms with E-state index in [0.29, 0.717) is 5.56 Å². The van der Waals surface area contributed by atoms with Crippen molar-refractivity contribution in [2.75, 3.05) is 0 Å². The van der Waals surface area contributed by atoms with Gasteiger partial charge in [-0.15, -0.1) is 0 Å². The molecule has 1 rings (SSSR count). The van der Waals surface area contributed by atoms with Gasteiger partial charge in [-0.1, -0.05) is 0 Å². The van der Waals surface area contributed by atoms with Crippen molar-refractivity contribution in [1.29, 1.82) is 5.26 Å². The van der Waals surface area contributed by atoms with Gasteiger partial charge >= 0.3 is 0 Å². The van der Waals surface area contributed by atoms with Crippen LogP contribution in [-0.4, -0.2) is 10.1 Å². The molecule has 80 valence electrons. The van der Waals surface area contributed by atoms with Crippen molar-refractivity contribution in [2.45, 2.75) is 19.6 Å². The first-order valence-corrected chi connectivity index (χ1v) is 4.15. The van der Waals surface area contributed by atoms with Crippen LogP contribution in [0.4, 0.5) is 8.78 Å². The van der Waals surface area contributed by atoms with E-state index < -0.39 is 18.7 Å². The van der Waals surface area contributed by atoms with Crippen LogP contribution in [0.25, 0.3) is 0 Å². The van der Waals surface area contributed by atoms with Gasteiger partial charge in [-0.3, -0.25) is 0 Å². The summed E-state index contributed by atoms with van der Waals surface area (Å²) in [5.41, 5.74) is 5.20. The molecule has 0 spiro atoms. The number of aliphatic hydroxyl groups is 1. The zero-order valence-corrected chi connectivity index (χ0v) is 7.74. The number of nitrogens with two attached hydrogens (primary N) is 1. The maximum atomic E-state index is 12.4. The highest BCUT2D eigenvalue weighted by molar-refractivity contribution is 5.41. The Kier molecular flexibility index (Phi) is 3.66. The second kappa shape index (κ2) is 4.77. The monoisotopic (exact) mass is 213 g/mol. The SMILES string of the molecule is N#Cc1cc(C(F)F)nc(CO)c1CN. The number of rotatable bonds is 3. The lowest BCUT2D eigenvalue weighted by Gasteiger charge is -2.09. The van der Waals surface area contributed by atoms with Crippen LogP contribution >= 0.6 is 0 Å². The quantitative estimate of drug-likeness (QED) is 0.779. The summed E-state index contributed by atoms with van der Waals surface area (Å²) in [4.78, 5) is 3.54. The van der Waals surface area contributed by atoms with Crippen molar-refractivity contribution < 1.29 is 13.9 Å². The molecule has 0 aliphatic carbocycles. The third-order valence-electron chi connectivity index (χ3n) is 1.93. The van der Waals surface area contributed by atoms with E-state index >= 15 is 0 Å². The van der Waals surface area contributed by atoms with Gasteiger partial charge in [-0.2, -0.15) is 5.26 Å². The molecule has 0 bridgehead atoms.